The van der Waals surface area contributed by atoms with Crippen molar-refractivity contribution in [2.24, 2.45) is 0 Å². The van der Waals surface area contributed by atoms with Crippen LogP contribution in [0.5, 0.6) is 0 Å². The molecule has 0 aliphatic heterocycles. The summed E-state index contributed by atoms with van der Waals surface area (Å²) < 4.78 is 5.78. The minimum atomic E-state index is -0.759. The van der Waals surface area contributed by atoms with E-state index in [1.54, 1.807) is 0 Å². The van der Waals surface area contributed by atoms with Crippen molar-refractivity contribution in [1.29, 1.82) is 5.41 Å². The van der Waals surface area contributed by atoms with E-state index in [1.165, 1.54) is 6.20 Å². The van der Waals surface area contributed by atoms with Crippen LogP contribution in [0.3, 0.4) is 0 Å². The number of aromatic nitrogens is 2. The number of esters is 1. The van der Waals surface area contributed by atoms with Crippen molar-refractivity contribution >= 4 is 5.97 Å². The van der Waals surface area contributed by atoms with E-state index in [4.69, 9.17) is 10.1 Å². The smallest absolute Gasteiger partial charge is 0.361 e. The summed E-state index contributed by atoms with van der Waals surface area (Å²) in [5.74, 6) is -0.759. The molecule has 0 fully saturated rings. The first-order chi connectivity index (χ1) is 12.0. The molecule has 0 atom stereocenters. The van der Waals surface area contributed by atoms with Gasteiger partial charge in [0.25, 0.3) is 0 Å². The van der Waals surface area contributed by atoms with Gasteiger partial charge in [0.1, 0.15) is 6.61 Å². The highest BCUT2D eigenvalue weighted by Gasteiger charge is 2.16. The molecule has 3 rings (SSSR count). The maximum Gasteiger partial charge on any atom is 0.361 e. The molecule has 2 N–H and O–H groups in total. The van der Waals surface area contributed by atoms with Gasteiger partial charge >= 0.3 is 5.97 Å². The number of ether oxygens (including phenoxy) is 1. The molecule has 0 unspecified atom stereocenters. The van der Waals surface area contributed by atoms with Crippen molar-refractivity contribution in [1.82, 2.24) is 9.71 Å². The van der Waals surface area contributed by atoms with Crippen LogP contribution in [0.1, 0.15) is 21.6 Å². The number of carbonyl (C=O) groups excluding carboxylic acids is 1. The number of nitrogens with zero attached hydrogens (tertiary/aromatic N) is 2. The second-order valence-electron chi connectivity index (χ2n) is 5.60. The van der Waals surface area contributed by atoms with Crippen LogP contribution < -0.4 is 5.49 Å². The molecule has 6 heteroatoms. The first-order valence-electron chi connectivity index (χ1n) is 7.70. The highest BCUT2D eigenvalue weighted by molar-refractivity contribution is 5.87. The number of hydrogen-bond donors (Lipinski definition) is 2. The highest BCUT2D eigenvalue weighted by Crippen LogP contribution is 2.17. The van der Waals surface area contributed by atoms with Crippen LogP contribution in [0.15, 0.2) is 60.8 Å². The number of carbonyl (C=O) groups is 1. The Labute approximate surface area is 144 Å². The van der Waals surface area contributed by atoms with Gasteiger partial charge in [0.05, 0.1) is 11.9 Å². The number of nitrogens with one attached hydrogen (secondary N) is 1. The molecule has 0 aliphatic rings. The number of aryl methyl sites for hydroxylation is 1. The zero-order valence-electron chi connectivity index (χ0n) is 13.6. The van der Waals surface area contributed by atoms with Gasteiger partial charge in [-0.15, -0.1) is 0 Å². The lowest BCUT2D eigenvalue weighted by Gasteiger charge is -2.09. The molecule has 0 amide bonds. The van der Waals surface area contributed by atoms with Gasteiger partial charge in [-0.25, -0.2) is 9.78 Å². The normalized spacial score (nSPS) is 10.4. The van der Waals surface area contributed by atoms with Crippen LogP contribution in [0.2, 0.25) is 0 Å². The molecule has 1 aromatic heterocycles. The van der Waals surface area contributed by atoms with E-state index in [2.05, 4.69) is 4.98 Å². The second-order valence-corrected chi connectivity index (χ2v) is 5.60. The van der Waals surface area contributed by atoms with Crippen molar-refractivity contribution < 1.29 is 14.7 Å². The van der Waals surface area contributed by atoms with Gasteiger partial charge in [-0.2, -0.15) is 4.73 Å². The molecule has 0 saturated carbocycles. The fourth-order valence-electron chi connectivity index (χ4n) is 2.29. The highest BCUT2D eigenvalue weighted by atomic mass is 16.5. The van der Waals surface area contributed by atoms with Gasteiger partial charge in [-0.1, -0.05) is 60.2 Å². The maximum absolute atomic E-state index is 12.3. The molecule has 3 aromatic rings. The summed E-state index contributed by atoms with van der Waals surface area (Å²) in [6.07, 6.45) is 1.29. The predicted octanol–water partition coefficient (Wildman–Crippen LogP) is 2.93. The minimum absolute atomic E-state index is 0.0704. The molecule has 6 nitrogen and oxygen atoms in total. The molecule has 126 valence electrons. The molecule has 1 heterocycles. The Balaban J connectivity index is 1.88. The fourth-order valence-corrected chi connectivity index (χ4v) is 2.29. The van der Waals surface area contributed by atoms with Crippen LogP contribution in [0.25, 0.3) is 11.3 Å². The Morgan fingerprint density at radius 2 is 1.84 bits per heavy atom. The molecule has 2 aromatic carbocycles. The van der Waals surface area contributed by atoms with Gasteiger partial charge in [0.15, 0.2) is 11.2 Å². The molecule has 25 heavy (non-hydrogen) atoms. The third-order valence-corrected chi connectivity index (χ3v) is 3.68. The first kappa shape index (κ1) is 16.4. The summed E-state index contributed by atoms with van der Waals surface area (Å²) in [7, 11) is 0. The Hall–Kier alpha value is -3.41. The zero-order chi connectivity index (χ0) is 17.8. The van der Waals surface area contributed by atoms with Crippen LogP contribution in [0, 0.1) is 12.3 Å². The minimum Gasteiger partial charge on any atom is -0.456 e. The van der Waals surface area contributed by atoms with Crippen LogP contribution in [-0.4, -0.2) is 20.9 Å². The van der Waals surface area contributed by atoms with E-state index < -0.39 is 11.5 Å². The average Bonchev–Trinajstić information content (AvgIpc) is 2.63. The number of hydrogen-bond acceptors (Lipinski definition) is 5. The summed E-state index contributed by atoms with van der Waals surface area (Å²) in [4.78, 5) is 16.5. The van der Waals surface area contributed by atoms with E-state index in [0.717, 1.165) is 16.7 Å². The Kier molecular flexibility index (Phi) is 4.61. The Morgan fingerprint density at radius 1 is 1.16 bits per heavy atom. The average molecular weight is 335 g/mol. The monoisotopic (exact) mass is 335 g/mol. The maximum atomic E-state index is 12.3. The topological polar surface area (TPSA) is 88.2 Å². The third-order valence-electron chi connectivity index (χ3n) is 3.68. The fraction of sp³-hybridized carbons (Fsp3) is 0.105. The van der Waals surface area contributed by atoms with E-state index in [9.17, 15) is 10.0 Å². The van der Waals surface area contributed by atoms with Crippen molar-refractivity contribution in [2.45, 2.75) is 13.5 Å². The lowest BCUT2D eigenvalue weighted by atomic mass is 10.1. The molecular weight excluding hydrogens is 318 g/mol. The first-order valence-corrected chi connectivity index (χ1v) is 7.70. The van der Waals surface area contributed by atoms with Crippen LogP contribution in [-0.2, 0) is 11.3 Å². The molecule has 0 saturated heterocycles. The lowest BCUT2D eigenvalue weighted by Crippen LogP contribution is -2.28. The summed E-state index contributed by atoms with van der Waals surface area (Å²) in [6.45, 7) is 2.03. The Morgan fingerprint density at radius 3 is 2.52 bits per heavy atom. The standard InChI is InChI=1S/C19H17N3O3/c1-13-7-9-15(10-8-13)16-11-22(24)18(20)17(21-16)19(23)25-12-14-5-3-2-4-6-14/h2-11,20,24H,12H2,1H3. The van der Waals surface area contributed by atoms with Gasteiger partial charge < -0.3 is 9.94 Å². The van der Waals surface area contributed by atoms with E-state index >= 15 is 0 Å². The molecule has 0 spiro atoms. The largest absolute Gasteiger partial charge is 0.456 e. The number of benzene rings is 2. The third kappa shape index (κ3) is 3.74. The van der Waals surface area contributed by atoms with E-state index in [0.29, 0.717) is 10.4 Å². The van der Waals surface area contributed by atoms with Crippen molar-refractivity contribution in [2.75, 3.05) is 0 Å². The molecular formula is C19H17N3O3. The Bertz CT molecular complexity index is 948. The van der Waals surface area contributed by atoms with Gasteiger partial charge in [0.2, 0.25) is 0 Å². The summed E-state index contributed by atoms with van der Waals surface area (Å²) in [6, 6.07) is 16.7. The number of rotatable bonds is 4. The van der Waals surface area contributed by atoms with E-state index in [1.807, 2.05) is 61.5 Å². The van der Waals surface area contributed by atoms with Crippen LogP contribution >= 0.6 is 0 Å². The van der Waals surface area contributed by atoms with Gasteiger partial charge in [0, 0.05) is 5.56 Å². The molecule has 0 aliphatic carbocycles. The summed E-state index contributed by atoms with van der Waals surface area (Å²) in [5.41, 5.74) is 2.36. The summed E-state index contributed by atoms with van der Waals surface area (Å²) >= 11 is 0. The molecule has 0 bridgehead atoms. The van der Waals surface area contributed by atoms with Crippen molar-refractivity contribution in [3.05, 3.63) is 83.1 Å². The predicted molar refractivity (Wildman–Crippen MR) is 91.0 cm³/mol. The SMILES string of the molecule is Cc1ccc(-c2cn(O)c(=N)c(C(=O)OCc3ccccc3)n2)cc1. The van der Waals surface area contributed by atoms with Crippen LogP contribution in [0.4, 0.5) is 0 Å². The lowest BCUT2D eigenvalue weighted by molar-refractivity contribution is 0.0455. The van der Waals surface area contributed by atoms with Gasteiger partial charge in [-0.3, -0.25) is 5.41 Å². The zero-order valence-corrected chi connectivity index (χ0v) is 13.6. The molecule has 0 radical (unpaired) electrons. The van der Waals surface area contributed by atoms with E-state index in [-0.39, 0.29) is 12.3 Å². The quantitative estimate of drug-likeness (QED) is 0.567. The second kappa shape index (κ2) is 7.00. The summed E-state index contributed by atoms with van der Waals surface area (Å²) in [5, 5.41) is 17.8. The van der Waals surface area contributed by atoms with Crippen molar-refractivity contribution in [3.63, 3.8) is 0 Å². The van der Waals surface area contributed by atoms with Crippen molar-refractivity contribution in [3.8, 4) is 11.3 Å². The van der Waals surface area contributed by atoms with Gasteiger partial charge in [-0.05, 0) is 12.5 Å².